The SMILES string of the molecule is Fc1c(C(F)F)cc(Br)c2cnccc12. The molecule has 0 saturated carbocycles. The summed E-state index contributed by atoms with van der Waals surface area (Å²) in [5.41, 5.74) is -0.597. The summed E-state index contributed by atoms with van der Waals surface area (Å²) in [6.45, 7) is 0. The Morgan fingerprint density at radius 2 is 2.00 bits per heavy atom. The molecule has 0 fully saturated rings. The highest BCUT2D eigenvalue weighted by Crippen LogP contribution is 2.32. The second kappa shape index (κ2) is 3.81. The third kappa shape index (κ3) is 1.71. The number of aromatic nitrogens is 1. The average molecular weight is 276 g/mol. The second-order valence-electron chi connectivity index (χ2n) is 2.98. The van der Waals surface area contributed by atoms with Crippen LogP contribution >= 0.6 is 15.9 Å². The number of pyridine rings is 1. The molecule has 0 amide bonds. The Morgan fingerprint density at radius 1 is 1.27 bits per heavy atom. The smallest absolute Gasteiger partial charge is 0.264 e. The normalized spacial score (nSPS) is 11.3. The van der Waals surface area contributed by atoms with Gasteiger partial charge in [0.05, 0.1) is 5.56 Å². The molecule has 1 heterocycles. The molecule has 78 valence electrons. The maximum atomic E-state index is 13.6. The van der Waals surface area contributed by atoms with E-state index in [4.69, 9.17) is 0 Å². The van der Waals surface area contributed by atoms with Gasteiger partial charge in [-0.25, -0.2) is 13.2 Å². The van der Waals surface area contributed by atoms with E-state index in [2.05, 4.69) is 20.9 Å². The minimum absolute atomic E-state index is 0.148. The van der Waals surface area contributed by atoms with Crippen molar-refractivity contribution in [2.75, 3.05) is 0 Å². The van der Waals surface area contributed by atoms with E-state index in [9.17, 15) is 13.2 Å². The molecule has 2 aromatic rings. The molecule has 0 saturated heterocycles. The molecule has 0 aliphatic carbocycles. The Balaban J connectivity index is 2.84. The first-order chi connectivity index (χ1) is 7.11. The fourth-order valence-corrected chi connectivity index (χ4v) is 1.93. The number of fused-ring (bicyclic) bond motifs is 1. The zero-order chi connectivity index (χ0) is 11.0. The Hall–Kier alpha value is -1.10. The number of hydrogen-bond acceptors (Lipinski definition) is 1. The van der Waals surface area contributed by atoms with Gasteiger partial charge in [-0.1, -0.05) is 15.9 Å². The summed E-state index contributed by atoms with van der Waals surface area (Å²) in [5.74, 6) is -0.884. The molecular weight excluding hydrogens is 271 g/mol. The summed E-state index contributed by atoms with van der Waals surface area (Å²) in [7, 11) is 0. The van der Waals surface area contributed by atoms with E-state index >= 15 is 0 Å². The van der Waals surface area contributed by atoms with E-state index in [1.807, 2.05) is 0 Å². The molecule has 0 atom stereocenters. The molecule has 15 heavy (non-hydrogen) atoms. The topological polar surface area (TPSA) is 12.9 Å². The summed E-state index contributed by atoms with van der Waals surface area (Å²) in [4.78, 5) is 3.81. The zero-order valence-corrected chi connectivity index (χ0v) is 8.93. The highest BCUT2D eigenvalue weighted by Gasteiger charge is 2.17. The predicted molar refractivity (Wildman–Crippen MR) is 54.4 cm³/mol. The molecule has 0 aliphatic rings. The number of benzene rings is 1. The minimum Gasteiger partial charge on any atom is -0.264 e. The van der Waals surface area contributed by atoms with Crippen LogP contribution in [0.3, 0.4) is 0 Å². The van der Waals surface area contributed by atoms with Gasteiger partial charge in [0.15, 0.2) is 0 Å². The zero-order valence-electron chi connectivity index (χ0n) is 7.35. The van der Waals surface area contributed by atoms with Crippen LogP contribution in [0.25, 0.3) is 10.8 Å². The lowest BCUT2D eigenvalue weighted by Gasteiger charge is -2.07. The van der Waals surface area contributed by atoms with Crippen LogP contribution in [-0.2, 0) is 0 Å². The average Bonchev–Trinajstić information content (AvgIpc) is 2.23. The Bertz CT molecular complexity index is 513. The summed E-state index contributed by atoms with van der Waals surface area (Å²) >= 11 is 3.11. The van der Waals surface area contributed by atoms with E-state index < -0.39 is 17.8 Å². The summed E-state index contributed by atoms with van der Waals surface area (Å²) < 4.78 is 38.9. The van der Waals surface area contributed by atoms with Crippen LogP contribution in [0.1, 0.15) is 12.0 Å². The molecule has 0 N–H and O–H groups in total. The summed E-state index contributed by atoms with van der Waals surface area (Å²) in [6, 6.07) is 2.46. The summed E-state index contributed by atoms with van der Waals surface area (Å²) in [6.07, 6.45) is -0.0240. The number of alkyl halides is 2. The molecule has 0 radical (unpaired) electrons. The number of hydrogen-bond donors (Lipinski definition) is 0. The third-order valence-electron chi connectivity index (χ3n) is 2.09. The molecule has 1 aromatic carbocycles. The monoisotopic (exact) mass is 275 g/mol. The van der Waals surface area contributed by atoms with Crippen molar-refractivity contribution in [3.8, 4) is 0 Å². The van der Waals surface area contributed by atoms with Crippen LogP contribution in [0.2, 0.25) is 0 Å². The van der Waals surface area contributed by atoms with Crippen molar-refractivity contribution < 1.29 is 13.2 Å². The molecule has 2 rings (SSSR count). The highest BCUT2D eigenvalue weighted by atomic mass is 79.9. The molecule has 0 bridgehead atoms. The predicted octanol–water partition coefficient (Wildman–Crippen LogP) is 4.07. The lowest BCUT2D eigenvalue weighted by molar-refractivity contribution is 0.146. The van der Waals surface area contributed by atoms with Crippen molar-refractivity contribution in [1.29, 1.82) is 0 Å². The van der Waals surface area contributed by atoms with Gasteiger partial charge in [-0.05, 0) is 12.1 Å². The van der Waals surface area contributed by atoms with Gasteiger partial charge < -0.3 is 0 Å². The largest absolute Gasteiger partial charge is 0.266 e. The molecule has 0 aliphatic heterocycles. The number of rotatable bonds is 1. The molecule has 1 aromatic heterocycles. The van der Waals surface area contributed by atoms with Gasteiger partial charge in [0.2, 0.25) is 0 Å². The Morgan fingerprint density at radius 3 is 2.67 bits per heavy atom. The maximum Gasteiger partial charge on any atom is 0.266 e. The van der Waals surface area contributed by atoms with Crippen molar-refractivity contribution in [2.45, 2.75) is 6.43 Å². The summed E-state index contributed by atoms with van der Waals surface area (Å²) in [5, 5.41) is 0.633. The van der Waals surface area contributed by atoms with Crippen molar-refractivity contribution in [2.24, 2.45) is 0 Å². The van der Waals surface area contributed by atoms with Gasteiger partial charge >= 0.3 is 0 Å². The molecule has 5 heteroatoms. The standard InChI is InChI=1S/C10H5BrF3N/c11-8-3-6(10(13)14)9(12)5-1-2-15-4-7(5)8/h1-4,10H. The van der Waals surface area contributed by atoms with Crippen LogP contribution in [0.15, 0.2) is 29.0 Å². The fraction of sp³-hybridized carbons (Fsp3) is 0.100. The van der Waals surface area contributed by atoms with Crippen LogP contribution in [0.5, 0.6) is 0 Å². The van der Waals surface area contributed by atoms with Crippen molar-refractivity contribution >= 4 is 26.7 Å². The van der Waals surface area contributed by atoms with Crippen molar-refractivity contribution in [3.05, 3.63) is 40.4 Å². The molecule has 0 unspecified atom stereocenters. The quantitative estimate of drug-likeness (QED) is 0.765. The molecular formula is C10H5BrF3N. The lowest BCUT2D eigenvalue weighted by atomic mass is 10.1. The Kier molecular flexibility index (Phi) is 2.65. The van der Waals surface area contributed by atoms with Crippen molar-refractivity contribution in [1.82, 2.24) is 4.98 Å². The van der Waals surface area contributed by atoms with Gasteiger partial charge in [-0.3, -0.25) is 4.98 Å². The van der Waals surface area contributed by atoms with Crippen LogP contribution in [-0.4, -0.2) is 4.98 Å². The van der Waals surface area contributed by atoms with Gasteiger partial charge in [0.1, 0.15) is 5.82 Å². The highest BCUT2D eigenvalue weighted by molar-refractivity contribution is 9.10. The van der Waals surface area contributed by atoms with Crippen LogP contribution < -0.4 is 0 Å². The van der Waals surface area contributed by atoms with Crippen molar-refractivity contribution in [3.63, 3.8) is 0 Å². The maximum absolute atomic E-state index is 13.6. The third-order valence-corrected chi connectivity index (χ3v) is 2.74. The van der Waals surface area contributed by atoms with Gasteiger partial charge in [-0.2, -0.15) is 0 Å². The van der Waals surface area contributed by atoms with E-state index in [0.29, 0.717) is 9.86 Å². The van der Waals surface area contributed by atoms with E-state index in [0.717, 1.165) is 6.07 Å². The van der Waals surface area contributed by atoms with Crippen LogP contribution in [0.4, 0.5) is 13.2 Å². The van der Waals surface area contributed by atoms with Gasteiger partial charge in [0, 0.05) is 27.6 Å². The van der Waals surface area contributed by atoms with E-state index in [1.165, 1.54) is 18.5 Å². The van der Waals surface area contributed by atoms with Crippen LogP contribution in [0, 0.1) is 5.82 Å². The first-order valence-corrected chi connectivity index (χ1v) is 4.90. The second-order valence-corrected chi connectivity index (χ2v) is 3.84. The van der Waals surface area contributed by atoms with E-state index in [-0.39, 0.29) is 5.39 Å². The van der Waals surface area contributed by atoms with Gasteiger partial charge in [-0.15, -0.1) is 0 Å². The first-order valence-electron chi connectivity index (χ1n) is 4.11. The lowest BCUT2D eigenvalue weighted by Crippen LogP contribution is -1.93. The minimum atomic E-state index is -2.82. The first kappa shape index (κ1) is 10.4. The molecule has 0 spiro atoms. The Labute approximate surface area is 92.1 Å². The molecule has 1 nitrogen and oxygen atoms in total. The fourth-order valence-electron chi connectivity index (χ4n) is 1.37. The number of halogens is 4. The number of nitrogens with zero attached hydrogens (tertiary/aromatic N) is 1. The van der Waals surface area contributed by atoms with Gasteiger partial charge in [0.25, 0.3) is 6.43 Å². The van der Waals surface area contributed by atoms with E-state index in [1.54, 1.807) is 0 Å².